The lowest BCUT2D eigenvalue weighted by Crippen LogP contribution is -2.17. The van der Waals surface area contributed by atoms with Gasteiger partial charge in [0.1, 0.15) is 0 Å². The summed E-state index contributed by atoms with van der Waals surface area (Å²) in [6, 6.07) is 15.9. The van der Waals surface area contributed by atoms with Crippen LogP contribution in [0.4, 0.5) is 0 Å². The Bertz CT molecular complexity index is 885. The van der Waals surface area contributed by atoms with Gasteiger partial charge in [0.2, 0.25) is 0 Å². The predicted octanol–water partition coefficient (Wildman–Crippen LogP) is 2.96. The second-order valence-corrected chi connectivity index (χ2v) is 5.27. The van der Waals surface area contributed by atoms with Crippen molar-refractivity contribution < 1.29 is 14.6 Å². The molecule has 0 aliphatic heterocycles. The van der Waals surface area contributed by atoms with Crippen molar-refractivity contribution in [1.29, 1.82) is 0 Å². The quantitative estimate of drug-likeness (QED) is 0.556. The summed E-state index contributed by atoms with van der Waals surface area (Å²) < 4.78 is 6.98. The van der Waals surface area contributed by atoms with Crippen LogP contribution in [0.1, 0.15) is 15.9 Å². The van der Waals surface area contributed by atoms with E-state index in [0.717, 1.165) is 5.69 Å². The number of nitrogens with one attached hydrogen (secondary N) is 1. The van der Waals surface area contributed by atoms with Crippen molar-refractivity contribution in [3.05, 3.63) is 78.1 Å². The van der Waals surface area contributed by atoms with Gasteiger partial charge in [0.25, 0.3) is 5.91 Å². The second-order valence-electron chi connectivity index (χ2n) is 5.27. The highest BCUT2D eigenvalue weighted by Gasteiger charge is 2.05. The van der Waals surface area contributed by atoms with Crippen molar-refractivity contribution in [3.63, 3.8) is 0 Å². The molecule has 6 nitrogen and oxygen atoms in total. The molecule has 3 rings (SSSR count). The minimum absolute atomic E-state index is 0.0477. The largest absolute Gasteiger partial charge is 0.504 e. The van der Waals surface area contributed by atoms with Crippen LogP contribution in [0.25, 0.3) is 5.69 Å². The molecule has 0 saturated carbocycles. The zero-order chi connectivity index (χ0) is 17.6. The van der Waals surface area contributed by atoms with Crippen LogP contribution in [-0.2, 0) is 0 Å². The molecule has 0 atom stereocenters. The van der Waals surface area contributed by atoms with Crippen LogP contribution in [-0.4, -0.2) is 28.9 Å². The van der Waals surface area contributed by atoms with Crippen molar-refractivity contribution in [3.8, 4) is 17.2 Å². The van der Waals surface area contributed by atoms with Crippen molar-refractivity contribution in [2.24, 2.45) is 5.10 Å². The molecule has 0 saturated heterocycles. The van der Waals surface area contributed by atoms with Crippen LogP contribution in [0.5, 0.6) is 11.5 Å². The first-order valence-corrected chi connectivity index (χ1v) is 7.61. The summed E-state index contributed by atoms with van der Waals surface area (Å²) in [7, 11) is 1.47. The molecule has 0 aliphatic rings. The molecule has 0 unspecified atom stereocenters. The fourth-order valence-electron chi connectivity index (χ4n) is 2.30. The highest BCUT2D eigenvalue weighted by molar-refractivity contribution is 5.95. The molecule has 126 valence electrons. The Labute approximate surface area is 145 Å². The topological polar surface area (TPSA) is 75.8 Å². The summed E-state index contributed by atoms with van der Waals surface area (Å²) in [5.41, 5.74) is 4.65. The molecular formula is C19H17N3O3. The maximum atomic E-state index is 12.1. The van der Waals surface area contributed by atoms with Crippen LogP contribution in [0, 0.1) is 0 Å². The standard InChI is InChI=1S/C19H17N3O3/c1-25-18-12-14(4-9-17(18)23)13-20-21-19(24)15-5-7-16(8-6-15)22-10-2-3-11-22/h2-13,23H,1H3,(H,21,24)/b20-13+. The maximum Gasteiger partial charge on any atom is 0.271 e. The van der Waals surface area contributed by atoms with E-state index in [1.807, 2.05) is 41.2 Å². The van der Waals surface area contributed by atoms with Gasteiger partial charge in [-0.3, -0.25) is 4.79 Å². The SMILES string of the molecule is COc1cc(/C=N/NC(=O)c2ccc(-n3cccc3)cc2)ccc1O. The maximum absolute atomic E-state index is 12.1. The third kappa shape index (κ3) is 3.87. The minimum atomic E-state index is -0.305. The first-order valence-electron chi connectivity index (χ1n) is 7.61. The molecule has 25 heavy (non-hydrogen) atoms. The summed E-state index contributed by atoms with van der Waals surface area (Å²) in [5, 5.41) is 13.5. The Kier molecular flexibility index (Phi) is 4.80. The van der Waals surface area contributed by atoms with E-state index in [9.17, 15) is 9.90 Å². The van der Waals surface area contributed by atoms with Gasteiger partial charge in [-0.25, -0.2) is 5.43 Å². The summed E-state index contributed by atoms with van der Waals surface area (Å²) in [6.45, 7) is 0. The van der Waals surface area contributed by atoms with Gasteiger partial charge in [-0.2, -0.15) is 5.10 Å². The molecule has 2 aromatic carbocycles. The number of benzene rings is 2. The summed E-state index contributed by atoms with van der Waals surface area (Å²) in [6.07, 6.45) is 5.35. The average molecular weight is 335 g/mol. The van der Waals surface area contributed by atoms with Crippen LogP contribution in [0.3, 0.4) is 0 Å². The summed E-state index contributed by atoms with van der Waals surface area (Å²) >= 11 is 0. The zero-order valence-corrected chi connectivity index (χ0v) is 13.6. The number of carbonyl (C=O) groups excluding carboxylic acids is 1. The molecular weight excluding hydrogens is 318 g/mol. The van der Waals surface area contributed by atoms with Crippen molar-refractivity contribution >= 4 is 12.1 Å². The van der Waals surface area contributed by atoms with E-state index in [-0.39, 0.29) is 11.7 Å². The van der Waals surface area contributed by atoms with Crippen molar-refractivity contribution in [1.82, 2.24) is 9.99 Å². The van der Waals surface area contributed by atoms with Gasteiger partial charge in [0, 0.05) is 23.6 Å². The number of phenols is 1. The first-order chi connectivity index (χ1) is 12.2. The number of nitrogens with zero attached hydrogens (tertiary/aromatic N) is 2. The number of hydrogen-bond acceptors (Lipinski definition) is 4. The van der Waals surface area contributed by atoms with E-state index in [1.165, 1.54) is 19.4 Å². The number of hydrogen-bond donors (Lipinski definition) is 2. The molecule has 1 heterocycles. The number of aromatic nitrogens is 1. The van der Waals surface area contributed by atoms with Gasteiger partial charge >= 0.3 is 0 Å². The third-order valence-corrected chi connectivity index (χ3v) is 3.62. The van der Waals surface area contributed by atoms with Gasteiger partial charge in [0.05, 0.1) is 13.3 Å². The Morgan fingerprint density at radius 3 is 2.56 bits per heavy atom. The van der Waals surface area contributed by atoms with Crippen molar-refractivity contribution in [2.75, 3.05) is 7.11 Å². The normalized spacial score (nSPS) is 10.8. The molecule has 0 fully saturated rings. The van der Waals surface area contributed by atoms with Gasteiger partial charge < -0.3 is 14.4 Å². The first kappa shape index (κ1) is 16.3. The van der Waals surface area contributed by atoms with E-state index in [2.05, 4.69) is 10.5 Å². The number of methoxy groups -OCH3 is 1. The lowest BCUT2D eigenvalue weighted by atomic mass is 10.2. The van der Waals surface area contributed by atoms with Crippen LogP contribution < -0.4 is 10.2 Å². The summed E-state index contributed by atoms with van der Waals surface area (Å²) in [5.74, 6) is 0.0865. The zero-order valence-electron chi connectivity index (χ0n) is 13.6. The fourth-order valence-corrected chi connectivity index (χ4v) is 2.30. The lowest BCUT2D eigenvalue weighted by Gasteiger charge is -2.05. The van der Waals surface area contributed by atoms with Gasteiger partial charge in [-0.15, -0.1) is 0 Å². The van der Waals surface area contributed by atoms with Gasteiger partial charge in [-0.05, 0) is 60.2 Å². The number of rotatable bonds is 5. The van der Waals surface area contributed by atoms with E-state index < -0.39 is 0 Å². The average Bonchev–Trinajstić information content (AvgIpc) is 3.18. The molecule has 2 N–H and O–H groups in total. The van der Waals surface area contributed by atoms with Crippen LogP contribution in [0.15, 0.2) is 72.1 Å². The van der Waals surface area contributed by atoms with Crippen LogP contribution >= 0.6 is 0 Å². The molecule has 1 amide bonds. The predicted molar refractivity (Wildman–Crippen MR) is 95.5 cm³/mol. The van der Waals surface area contributed by atoms with E-state index in [1.54, 1.807) is 24.3 Å². The van der Waals surface area contributed by atoms with Gasteiger partial charge in [0.15, 0.2) is 11.5 Å². The summed E-state index contributed by atoms with van der Waals surface area (Å²) in [4.78, 5) is 12.1. The third-order valence-electron chi connectivity index (χ3n) is 3.62. The van der Waals surface area contributed by atoms with E-state index >= 15 is 0 Å². The van der Waals surface area contributed by atoms with E-state index in [0.29, 0.717) is 16.9 Å². The highest BCUT2D eigenvalue weighted by atomic mass is 16.5. The Balaban J connectivity index is 1.64. The molecule has 0 bridgehead atoms. The minimum Gasteiger partial charge on any atom is -0.504 e. The van der Waals surface area contributed by atoms with Crippen LogP contribution in [0.2, 0.25) is 0 Å². The molecule has 0 spiro atoms. The van der Waals surface area contributed by atoms with E-state index in [4.69, 9.17) is 4.74 Å². The number of ether oxygens (including phenoxy) is 1. The molecule has 6 heteroatoms. The van der Waals surface area contributed by atoms with Gasteiger partial charge in [-0.1, -0.05) is 0 Å². The molecule has 3 aromatic rings. The monoisotopic (exact) mass is 335 g/mol. The molecule has 1 aromatic heterocycles. The van der Waals surface area contributed by atoms with Crippen molar-refractivity contribution in [2.45, 2.75) is 0 Å². The Hall–Kier alpha value is -3.54. The Morgan fingerprint density at radius 2 is 1.88 bits per heavy atom. The number of amides is 1. The number of hydrazone groups is 1. The lowest BCUT2D eigenvalue weighted by molar-refractivity contribution is 0.0955. The number of aromatic hydroxyl groups is 1. The second kappa shape index (κ2) is 7.35. The number of phenolic OH excluding ortho intramolecular Hbond substituents is 1. The molecule has 0 radical (unpaired) electrons. The smallest absolute Gasteiger partial charge is 0.271 e. The number of carbonyl (C=O) groups is 1. The highest BCUT2D eigenvalue weighted by Crippen LogP contribution is 2.25. The Morgan fingerprint density at radius 1 is 1.16 bits per heavy atom. The molecule has 0 aliphatic carbocycles. The fraction of sp³-hybridized carbons (Fsp3) is 0.0526.